The van der Waals surface area contributed by atoms with E-state index in [-0.39, 0.29) is 36.2 Å². The second-order valence-corrected chi connectivity index (χ2v) is 6.92. The Morgan fingerprint density at radius 1 is 1.62 bits per heavy atom. The molecule has 21 heavy (non-hydrogen) atoms. The smallest absolute Gasteiger partial charge is 0.244 e. The monoisotopic (exact) mass is 335 g/mol. The SMILES string of the molecule is CCNc1ncc(S(=O)(=O)N2CCOC(CO)C2)cc1Cl. The number of halogens is 1. The molecule has 1 fully saturated rings. The number of nitrogens with zero attached hydrogens (tertiary/aromatic N) is 2. The van der Waals surface area contributed by atoms with Gasteiger partial charge in [0.15, 0.2) is 0 Å². The summed E-state index contributed by atoms with van der Waals surface area (Å²) in [4.78, 5) is 4.07. The fourth-order valence-electron chi connectivity index (χ4n) is 2.03. The van der Waals surface area contributed by atoms with Crippen molar-refractivity contribution in [3.63, 3.8) is 0 Å². The molecule has 0 bridgehead atoms. The third-order valence-corrected chi connectivity index (χ3v) is 5.22. The number of nitrogens with one attached hydrogen (secondary N) is 1. The van der Waals surface area contributed by atoms with Crippen molar-refractivity contribution in [3.8, 4) is 0 Å². The molecule has 0 aromatic carbocycles. The predicted molar refractivity (Wildman–Crippen MR) is 79.0 cm³/mol. The van der Waals surface area contributed by atoms with Gasteiger partial charge in [-0.2, -0.15) is 4.31 Å². The summed E-state index contributed by atoms with van der Waals surface area (Å²) in [7, 11) is -3.69. The molecule has 0 spiro atoms. The fraction of sp³-hybridized carbons (Fsp3) is 0.583. The summed E-state index contributed by atoms with van der Waals surface area (Å²) in [5.41, 5.74) is 0. The van der Waals surface area contributed by atoms with Crippen molar-refractivity contribution in [1.29, 1.82) is 0 Å². The van der Waals surface area contributed by atoms with E-state index in [9.17, 15) is 8.42 Å². The van der Waals surface area contributed by atoms with E-state index in [1.165, 1.54) is 16.6 Å². The molecule has 1 aliphatic rings. The number of hydrogen-bond donors (Lipinski definition) is 2. The number of anilines is 1. The molecule has 0 radical (unpaired) electrons. The van der Waals surface area contributed by atoms with E-state index in [0.29, 0.717) is 12.4 Å². The van der Waals surface area contributed by atoms with E-state index < -0.39 is 16.1 Å². The highest BCUT2D eigenvalue weighted by atomic mass is 35.5. The Hall–Kier alpha value is -0.930. The zero-order chi connectivity index (χ0) is 15.5. The van der Waals surface area contributed by atoms with Gasteiger partial charge in [0, 0.05) is 25.8 Å². The first-order chi connectivity index (χ1) is 9.98. The minimum Gasteiger partial charge on any atom is -0.394 e. The number of aliphatic hydroxyl groups excluding tert-OH is 1. The van der Waals surface area contributed by atoms with Crippen LogP contribution in [0.4, 0.5) is 5.82 Å². The van der Waals surface area contributed by atoms with E-state index in [1.54, 1.807) is 0 Å². The molecule has 1 aromatic heterocycles. The summed E-state index contributed by atoms with van der Waals surface area (Å²) < 4.78 is 31.6. The van der Waals surface area contributed by atoms with Gasteiger partial charge in [-0.15, -0.1) is 0 Å². The van der Waals surface area contributed by atoms with Crippen molar-refractivity contribution >= 4 is 27.4 Å². The first kappa shape index (κ1) is 16.4. The third-order valence-electron chi connectivity index (χ3n) is 3.10. The van der Waals surface area contributed by atoms with Crippen LogP contribution in [0.15, 0.2) is 17.2 Å². The topological polar surface area (TPSA) is 91.8 Å². The summed E-state index contributed by atoms with van der Waals surface area (Å²) >= 11 is 6.04. The van der Waals surface area contributed by atoms with E-state index >= 15 is 0 Å². The molecule has 1 unspecified atom stereocenters. The van der Waals surface area contributed by atoms with Gasteiger partial charge in [-0.05, 0) is 13.0 Å². The summed E-state index contributed by atoms with van der Waals surface area (Å²) in [6.07, 6.45) is 0.779. The van der Waals surface area contributed by atoms with Crippen molar-refractivity contribution in [2.45, 2.75) is 17.9 Å². The first-order valence-electron chi connectivity index (χ1n) is 6.61. The molecule has 0 saturated carbocycles. The largest absolute Gasteiger partial charge is 0.394 e. The summed E-state index contributed by atoms with van der Waals surface area (Å²) in [5, 5.41) is 12.3. The third kappa shape index (κ3) is 3.64. The highest BCUT2D eigenvalue weighted by Crippen LogP contribution is 2.25. The lowest BCUT2D eigenvalue weighted by atomic mass is 10.3. The quantitative estimate of drug-likeness (QED) is 0.816. The molecule has 1 aliphatic heterocycles. The predicted octanol–water partition coefficient (Wildman–Crippen LogP) is 0.549. The Balaban J connectivity index is 2.25. The molecule has 1 atom stereocenters. The van der Waals surface area contributed by atoms with Gasteiger partial charge in [-0.25, -0.2) is 13.4 Å². The van der Waals surface area contributed by atoms with Gasteiger partial charge in [0.25, 0.3) is 0 Å². The lowest BCUT2D eigenvalue weighted by Crippen LogP contribution is -2.46. The number of pyridine rings is 1. The van der Waals surface area contributed by atoms with Gasteiger partial charge < -0.3 is 15.2 Å². The van der Waals surface area contributed by atoms with Crippen LogP contribution in [-0.2, 0) is 14.8 Å². The molecule has 118 valence electrons. The number of rotatable bonds is 5. The Kier molecular flexibility index (Phi) is 5.39. The van der Waals surface area contributed by atoms with Gasteiger partial charge in [0.05, 0.1) is 24.3 Å². The second kappa shape index (κ2) is 6.89. The average Bonchev–Trinajstić information content (AvgIpc) is 2.49. The van der Waals surface area contributed by atoms with Gasteiger partial charge in [0.1, 0.15) is 10.7 Å². The maximum atomic E-state index is 12.5. The zero-order valence-corrected chi connectivity index (χ0v) is 13.2. The number of ether oxygens (including phenoxy) is 1. The lowest BCUT2D eigenvalue weighted by molar-refractivity contribution is -0.0304. The molecule has 1 aromatic rings. The molecule has 0 aliphatic carbocycles. The van der Waals surface area contributed by atoms with Gasteiger partial charge in [-0.1, -0.05) is 11.6 Å². The van der Waals surface area contributed by atoms with E-state index in [4.69, 9.17) is 21.4 Å². The maximum absolute atomic E-state index is 12.5. The second-order valence-electron chi connectivity index (χ2n) is 4.57. The Morgan fingerprint density at radius 2 is 2.38 bits per heavy atom. The molecule has 2 rings (SSSR count). The van der Waals surface area contributed by atoms with Crippen LogP contribution in [0, 0.1) is 0 Å². The molecule has 2 heterocycles. The summed E-state index contributed by atoms with van der Waals surface area (Å²) in [5.74, 6) is 0.452. The summed E-state index contributed by atoms with van der Waals surface area (Å²) in [6, 6.07) is 1.38. The van der Waals surface area contributed by atoms with E-state index in [1.807, 2.05) is 6.92 Å². The van der Waals surface area contributed by atoms with Crippen molar-refractivity contribution in [2.24, 2.45) is 0 Å². The number of aliphatic hydroxyl groups is 1. The molecule has 9 heteroatoms. The average molecular weight is 336 g/mol. The maximum Gasteiger partial charge on any atom is 0.244 e. The molecule has 2 N–H and O–H groups in total. The van der Waals surface area contributed by atoms with Gasteiger partial charge >= 0.3 is 0 Å². The molecule has 7 nitrogen and oxygen atoms in total. The van der Waals surface area contributed by atoms with E-state index in [0.717, 1.165) is 0 Å². The number of aromatic nitrogens is 1. The van der Waals surface area contributed by atoms with Gasteiger partial charge in [0.2, 0.25) is 10.0 Å². The minimum absolute atomic E-state index is 0.0349. The van der Waals surface area contributed by atoms with Crippen LogP contribution in [0.25, 0.3) is 0 Å². The van der Waals surface area contributed by atoms with Crippen LogP contribution in [0.2, 0.25) is 5.02 Å². The number of morpholine rings is 1. The number of hydrogen-bond acceptors (Lipinski definition) is 6. The minimum atomic E-state index is -3.69. The Bertz CT molecular complexity index is 596. The van der Waals surface area contributed by atoms with Gasteiger partial charge in [-0.3, -0.25) is 0 Å². The molecular weight excluding hydrogens is 318 g/mol. The Labute approximate surface area is 128 Å². The Morgan fingerprint density at radius 3 is 3.00 bits per heavy atom. The normalized spacial score (nSPS) is 20.4. The standard InChI is InChI=1S/C12H18ClN3O4S/c1-2-14-12-11(13)5-10(6-15-12)21(18,19)16-3-4-20-9(7-16)8-17/h5-6,9,17H,2-4,7-8H2,1H3,(H,14,15). The first-order valence-corrected chi connectivity index (χ1v) is 8.43. The van der Waals surface area contributed by atoms with Crippen LogP contribution in [0.3, 0.4) is 0 Å². The fourth-order valence-corrected chi connectivity index (χ4v) is 3.76. The van der Waals surface area contributed by atoms with Crippen molar-refractivity contribution in [1.82, 2.24) is 9.29 Å². The molecular formula is C12H18ClN3O4S. The lowest BCUT2D eigenvalue weighted by Gasteiger charge is -2.31. The van der Waals surface area contributed by atoms with Crippen LogP contribution in [-0.4, -0.2) is 61.8 Å². The van der Waals surface area contributed by atoms with Crippen molar-refractivity contribution < 1.29 is 18.3 Å². The highest BCUT2D eigenvalue weighted by Gasteiger charge is 2.31. The number of sulfonamides is 1. The van der Waals surface area contributed by atoms with Crippen LogP contribution in [0.5, 0.6) is 0 Å². The van der Waals surface area contributed by atoms with Crippen molar-refractivity contribution in [2.75, 3.05) is 38.2 Å². The van der Waals surface area contributed by atoms with E-state index in [2.05, 4.69) is 10.3 Å². The van der Waals surface area contributed by atoms with Crippen LogP contribution < -0.4 is 5.32 Å². The van der Waals surface area contributed by atoms with Crippen LogP contribution >= 0.6 is 11.6 Å². The molecule has 1 saturated heterocycles. The highest BCUT2D eigenvalue weighted by molar-refractivity contribution is 7.89. The molecule has 0 amide bonds. The van der Waals surface area contributed by atoms with Crippen LogP contribution in [0.1, 0.15) is 6.92 Å². The zero-order valence-electron chi connectivity index (χ0n) is 11.6. The van der Waals surface area contributed by atoms with Crippen molar-refractivity contribution in [3.05, 3.63) is 17.3 Å². The summed E-state index contributed by atoms with van der Waals surface area (Å²) in [6.45, 7) is 2.92.